The Kier molecular flexibility index (Phi) is 5.37. The molecule has 2 fully saturated rings. The van der Waals surface area contributed by atoms with Gasteiger partial charge in [-0.2, -0.15) is 0 Å². The predicted molar refractivity (Wildman–Crippen MR) is 92.5 cm³/mol. The van der Waals surface area contributed by atoms with Crippen molar-refractivity contribution < 1.29 is 9.90 Å². The number of piperidine rings is 1. The predicted octanol–water partition coefficient (Wildman–Crippen LogP) is 4.15. The van der Waals surface area contributed by atoms with Crippen molar-refractivity contribution in [2.75, 3.05) is 13.1 Å². The number of aliphatic carboxylic acids is 1. The summed E-state index contributed by atoms with van der Waals surface area (Å²) in [5.41, 5.74) is 1.49. The zero-order chi connectivity index (χ0) is 16.2. The molecule has 0 aromatic heterocycles. The summed E-state index contributed by atoms with van der Waals surface area (Å²) in [6.45, 7) is 4.09. The molecule has 2 unspecified atom stereocenters. The summed E-state index contributed by atoms with van der Waals surface area (Å²) in [6, 6.07) is 11.4. The Hall–Kier alpha value is -1.35. The van der Waals surface area contributed by atoms with Crippen LogP contribution in [0, 0.1) is 11.8 Å². The van der Waals surface area contributed by atoms with Crippen molar-refractivity contribution in [3.05, 3.63) is 35.9 Å². The van der Waals surface area contributed by atoms with Crippen LogP contribution in [0.1, 0.15) is 56.9 Å². The molecule has 2 aliphatic rings. The number of hydrogen-bond donors (Lipinski definition) is 1. The van der Waals surface area contributed by atoms with Crippen molar-refractivity contribution in [2.45, 2.75) is 57.4 Å². The second kappa shape index (κ2) is 7.48. The molecule has 3 heteroatoms. The molecule has 1 saturated heterocycles. The topological polar surface area (TPSA) is 40.5 Å². The Morgan fingerprint density at radius 3 is 2.43 bits per heavy atom. The Balaban J connectivity index is 1.51. The van der Waals surface area contributed by atoms with E-state index in [0.717, 1.165) is 37.8 Å². The van der Waals surface area contributed by atoms with Gasteiger partial charge in [-0.1, -0.05) is 30.3 Å². The number of likely N-dealkylation sites (tertiary alicyclic amines) is 1. The largest absolute Gasteiger partial charge is 0.481 e. The number of carbonyl (C=O) groups is 1. The van der Waals surface area contributed by atoms with E-state index in [1.807, 2.05) is 0 Å². The van der Waals surface area contributed by atoms with Crippen LogP contribution in [0.4, 0.5) is 0 Å². The first-order chi connectivity index (χ1) is 11.1. The lowest BCUT2D eigenvalue weighted by atomic mass is 9.78. The summed E-state index contributed by atoms with van der Waals surface area (Å²) >= 11 is 0. The number of hydrogen-bond acceptors (Lipinski definition) is 2. The normalized spacial score (nSPS) is 32.6. The molecule has 0 spiro atoms. The molecule has 3 rings (SSSR count). The molecule has 1 aromatic rings. The van der Waals surface area contributed by atoms with Gasteiger partial charge in [0.2, 0.25) is 0 Å². The van der Waals surface area contributed by atoms with Crippen LogP contribution in [0.3, 0.4) is 0 Å². The first-order valence-electron chi connectivity index (χ1n) is 9.15. The van der Waals surface area contributed by atoms with Crippen molar-refractivity contribution >= 4 is 5.97 Å². The number of rotatable bonds is 4. The van der Waals surface area contributed by atoms with Gasteiger partial charge in [0.05, 0.1) is 5.92 Å². The minimum Gasteiger partial charge on any atom is -0.481 e. The standard InChI is InChI=1S/C20H29NO2/c1-15-7-10-19(20(22)23)14-21(15)13-16-8-11-18(12-9-16)17-5-3-2-4-6-17/h2-6,15-16,18-19H,7-14H2,1H3,(H,22,23). The lowest BCUT2D eigenvalue weighted by molar-refractivity contribution is -0.144. The quantitative estimate of drug-likeness (QED) is 0.907. The van der Waals surface area contributed by atoms with E-state index in [0.29, 0.717) is 6.04 Å². The Morgan fingerprint density at radius 2 is 1.78 bits per heavy atom. The third kappa shape index (κ3) is 4.14. The maximum absolute atomic E-state index is 11.3. The van der Waals surface area contributed by atoms with Crippen LogP contribution in [0.25, 0.3) is 0 Å². The van der Waals surface area contributed by atoms with Crippen LogP contribution in [0.5, 0.6) is 0 Å². The van der Waals surface area contributed by atoms with Gasteiger partial charge < -0.3 is 5.11 Å². The van der Waals surface area contributed by atoms with E-state index in [-0.39, 0.29) is 5.92 Å². The Labute approximate surface area is 139 Å². The van der Waals surface area contributed by atoms with Crippen LogP contribution in [0.2, 0.25) is 0 Å². The van der Waals surface area contributed by atoms with E-state index in [1.165, 1.54) is 31.2 Å². The molecular weight excluding hydrogens is 286 g/mol. The van der Waals surface area contributed by atoms with Crippen LogP contribution >= 0.6 is 0 Å². The summed E-state index contributed by atoms with van der Waals surface area (Å²) in [5, 5.41) is 9.28. The molecule has 3 nitrogen and oxygen atoms in total. The zero-order valence-electron chi connectivity index (χ0n) is 14.2. The van der Waals surface area contributed by atoms with Crippen LogP contribution in [0.15, 0.2) is 30.3 Å². The second-order valence-corrected chi connectivity index (χ2v) is 7.54. The van der Waals surface area contributed by atoms with E-state index < -0.39 is 5.97 Å². The number of benzene rings is 1. The van der Waals surface area contributed by atoms with Gasteiger partial charge in [0.1, 0.15) is 0 Å². The first-order valence-corrected chi connectivity index (χ1v) is 9.15. The molecule has 0 radical (unpaired) electrons. The number of nitrogens with zero attached hydrogens (tertiary/aromatic N) is 1. The summed E-state index contributed by atoms with van der Waals surface area (Å²) < 4.78 is 0. The highest BCUT2D eigenvalue weighted by Gasteiger charge is 2.32. The van der Waals surface area contributed by atoms with Crippen LogP contribution < -0.4 is 0 Å². The van der Waals surface area contributed by atoms with Gasteiger partial charge in [0.15, 0.2) is 0 Å². The Bertz CT molecular complexity index is 508. The SMILES string of the molecule is CC1CCC(C(=O)O)CN1CC1CCC(c2ccccc2)CC1. The van der Waals surface area contributed by atoms with Crippen LogP contribution in [-0.2, 0) is 4.79 Å². The Morgan fingerprint density at radius 1 is 1.09 bits per heavy atom. The average molecular weight is 315 g/mol. The molecule has 23 heavy (non-hydrogen) atoms. The monoisotopic (exact) mass is 315 g/mol. The molecule has 0 bridgehead atoms. The van der Waals surface area contributed by atoms with E-state index in [9.17, 15) is 9.90 Å². The van der Waals surface area contributed by atoms with Gasteiger partial charge >= 0.3 is 5.97 Å². The third-order valence-electron chi connectivity index (χ3n) is 5.97. The summed E-state index contributed by atoms with van der Waals surface area (Å²) in [7, 11) is 0. The van der Waals surface area contributed by atoms with Gasteiger partial charge in [-0.05, 0) is 62.8 Å². The van der Waals surface area contributed by atoms with Gasteiger partial charge in [-0.3, -0.25) is 9.69 Å². The van der Waals surface area contributed by atoms with Crippen molar-refractivity contribution in [1.29, 1.82) is 0 Å². The fourth-order valence-electron chi connectivity index (χ4n) is 4.37. The van der Waals surface area contributed by atoms with Gasteiger partial charge in [0.25, 0.3) is 0 Å². The van der Waals surface area contributed by atoms with Crippen molar-refractivity contribution in [3.8, 4) is 0 Å². The lowest BCUT2D eigenvalue weighted by Gasteiger charge is -2.40. The summed E-state index contributed by atoms with van der Waals surface area (Å²) in [6.07, 6.45) is 6.98. The molecule has 1 N–H and O–H groups in total. The lowest BCUT2D eigenvalue weighted by Crippen LogP contribution is -2.46. The molecular formula is C20H29NO2. The molecule has 1 aliphatic carbocycles. The van der Waals surface area contributed by atoms with E-state index in [1.54, 1.807) is 0 Å². The highest BCUT2D eigenvalue weighted by atomic mass is 16.4. The van der Waals surface area contributed by atoms with E-state index in [4.69, 9.17) is 0 Å². The summed E-state index contributed by atoms with van der Waals surface area (Å²) in [4.78, 5) is 13.7. The van der Waals surface area contributed by atoms with Gasteiger partial charge in [0, 0.05) is 19.1 Å². The molecule has 1 aromatic carbocycles. The maximum atomic E-state index is 11.3. The van der Waals surface area contributed by atoms with E-state index >= 15 is 0 Å². The highest BCUT2D eigenvalue weighted by Crippen LogP contribution is 2.36. The number of carboxylic acid groups (broad SMARTS) is 1. The minimum atomic E-state index is -0.616. The maximum Gasteiger partial charge on any atom is 0.307 e. The first kappa shape index (κ1) is 16.5. The van der Waals surface area contributed by atoms with Crippen molar-refractivity contribution in [1.82, 2.24) is 4.90 Å². The molecule has 1 heterocycles. The zero-order valence-corrected chi connectivity index (χ0v) is 14.2. The average Bonchev–Trinajstić information content (AvgIpc) is 2.58. The fraction of sp³-hybridized carbons (Fsp3) is 0.650. The highest BCUT2D eigenvalue weighted by molar-refractivity contribution is 5.70. The van der Waals surface area contributed by atoms with E-state index in [2.05, 4.69) is 42.2 Å². The van der Waals surface area contributed by atoms with Gasteiger partial charge in [-0.25, -0.2) is 0 Å². The molecule has 1 saturated carbocycles. The van der Waals surface area contributed by atoms with Gasteiger partial charge in [-0.15, -0.1) is 0 Å². The van der Waals surface area contributed by atoms with Crippen molar-refractivity contribution in [2.24, 2.45) is 11.8 Å². The fourth-order valence-corrected chi connectivity index (χ4v) is 4.37. The smallest absolute Gasteiger partial charge is 0.307 e. The third-order valence-corrected chi connectivity index (χ3v) is 5.97. The molecule has 2 atom stereocenters. The van der Waals surface area contributed by atoms with Crippen LogP contribution in [-0.4, -0.2) is 35.1 Å². The summed E-state index contributed by atoms with van der Waals surface area (Å²) in [5.74, 6) is 0.685. The number of carboxylic acids is 1. The van der Waals surface area contributed by atoms with Crippen molar-refractivity contribution in [3.63, 3.8) is 0 Å². The second-order valence-electron chi connectivity index (χ2n) is 7.54. The molecule has 126 valence electrons. The minimum absolute atomic E-state index is 0.160. The molecule has 1 aliphatic heterocycles. The molecule has 0 amide bonds.